The van der Waals surface area contributed by atoms with Crippen LogP contribution in [0.15, 0.2) is 51.8 Å². The molecule has 0 saturated carbocycles. The summed E-state index contributed by atoms with van der Waals surface area (Å²) in [7, 11) is -2.12. The van der Waals surface area contributed by atoms with E-state index in [2.05, 4.69) is 15.9 Å². The van der Waals surface area contributed by atoms with Crippen LogP contribution in [0.1, 0.15) is 5.56 Å². The highest BCUT2D eigenvalue weighted by atomic mass is 79.9. The minimum Gasteiger partial charge on any atom is -0.398 e. The molecule has 0 radical (unpaired) electrons. The van der Waals surface area contributed by atoms with Gasteiger partial charge in [0.15, 0.2) is 0 Å². The molecule has 0 aliphatic carbocycles. The van der Waals surface area contributed by atoms with Gasteiger partial charge in [0, 0.05) is 17.2 Å². The Balaban J connectivity index is 2.57. The normalized spacial score (nSPS) is 11.3. The van der Waals surface area contributed by atoms with Crippen LogP contribution in [-0.2, 0) is 10.0 Å². The second kappa shape index (κ2) is 5.46. The van der Waals surface area contributed by atoms with Crippen molar-refractivity contribution >= 4 is 37.3 Å². The van der Waals surface area contributed by atoms with Gasteiger partial charge in [-0.2, -0.15) is 0 Å². The molecule has 2 aromatic rings. The average Bonchev–Trinajstić information content (AvgIpc) is 2.42. The molecule has 20 heavy (non-hydrogen) atoms. The summed E-state index contributed by atoms with van der Waals surface area (Å²) in [6, 6.07) is 12.2. The van der Waals surface area contributed by atoms with Gasteiger partial charge >= 0.3 is 0 Å². The molecule has 0 atom stereocenters. The fourth-order valence-electron chi connectivity index (χ4n) is 1.87. The van der Waals surface area contributed by atoms with E-state index in [1.807, 2.05) is 6.07 Å². The van der Waals surface area contributed by atoms with Crippen molar-refractivity contribution in [2.45, 2.75) is 11.8 Å². The van der Waals surface area contributed by atoms with Crippen LogP contribution in [0.5, 0.6) is 0 Å². The smallest absolute Gasteiger partial charge is 0.264 e. The van der Waals surface area contributed by atoms with Gasteiger partial charge in [-0.3, -0.25) is 4.31 Å². The highest BCUT2D eigenvalue weighted by Gasteiger charge is 2.24. The molecule has 2 rings (SSSR count). The maximum absolute atomic E-state index is 12.7. The summed E-state index contributed by atoms with van der Waals surface area (Å²) in [5.74, 6) is 0. The van der Waals surface area contributed by atoms with Gasteiger partial charge in [-0.05, 0) is 36.8 Å². The first-order valence-corrected chi connectivity index (χ1v) is 8.17. The topological polar surface area (TPSA) is 63.4 Å². The number of hydrogen-bond acceptors (Lipinski definition) is 3. The maximum Gasteiger partial charge on any atom is 0.264 e. The van der Waals surface area contributed by atoms with E-state index < -0.39 is 10.0 Å². The second-order valence-electron chi connectivity index (χ2n) is 4.43. The van der Waals surface area contributed by atoms with Crippen molar-refractivity contribution in [1.82, 2.24) is 0 Å². The third-order valence-electron chi connectivity index (χ3n) is 3.12. The van der Waals surface area contributed by atoms with Crippen molar-refractivity contribution in [3.63, 3.8) is 0 Å². The zero-order valence-electron chi connectivity index (χ0n) is 11.2. The summed E-state index contributed by atoms with van der Waals surface area (Å²) in [6.45, 7) is 1.70. The Labute approximate surface area is 127 Å². The Kier molecular flexibility index (Phi) is 4.06. The number of nitrogens with two attached hydrogens (primary N) is 1. The molecule has 0 unspecified atom stereocenters. The molecule has 0 heterocycles. The number of anilines is 2. The molecule has 0 amide bonds. The number of nitrogens with zero attached hydrogens (tertiary/aromatic N) is 1. The maximum atomic E-state index is 12.7. The molecule has 106 valence electrons. The molecule has 0 aliphatic rings. The molecule has 4 nitrogen and oxygen atoms in total. The summed E-state index contributed by atoms with van der Waals surface area (Å²) >= 11 is 3.28. The van der Waals surface area contributed by atoms with E-state index in [-0.39, 0.29) is 4.90 Å². The predicted octanol–water partition coefficient (Wildman–Crippen LogP) is 3.16. The van der Waals surface area contributed by atoms with E-state index in [9.17, 15) is 8.42 Å². The van der Waals surface area contributed by atoms with Crippen LogP contribution in [0.2, 0.25) is 0 Å². The van der Waals surface area contributed by atoms with Gasteiger partial charge in [0.05, 0.1) is 10.6 Å². The molecular weight excluding hydrogens is 340 g/mol. The number of benzene rings is 2. The van der Waals surface area contributed by atoms with Crippen LogP contribution in [0.3, 0.4) is 0 Å². The Hall–Kier alpha value is -1.53. The van der Waals surface area contributed by atoms with Crippen LogP contribution in [-0.4, -0.2) is 15.5 Å². The molecule has 6 heteroatoms. The average molecular weight is 355 g/mol. The van der Waals surface area contributed by atoms with Crippen LogP contribution in [0.4, 0.5) is 11.4 Å². The number of hydrogen-bond donors (Lipinski definition) is 1. The largest absolute Gasteiger partial charge is 0.398 e. The predicted molar refractivity (Wildman–Crippen MR) is 85.3 cm³/mol. The van der Waals surface area contributed by atoms with Gasteiger partial charge in [-0.15, -0.1) is 0 Å². The van der Waals surface area contributed by atoms with Crippen molar-refractivity contribution < 1.29 is 8.42 Å². The van der Waals surface area contributed by atoms with Gasteiger partial charge in [-0.25, -0.2) is 8.42 Å². The molecule has 0 aliphatic heterocycles. The van der Waals surface area contributed by atoms with E-state index in [0.717, 1.165) is 0 Å². The number of rotatable bonds is 3. The lowest BCUT2D eigenvalue weighted by Gasteiger charge is -2.21. The van der Waals surface area contributed by atoms with Gasteiger partial charge in [0.2, 0.25) is 0 Å². The fraction of sp³-hybridized carbons (Fsp3) is 0.143. The van der Waals surface area contributed by atoms with Gasteiger partial charge in [0.1, 0.15) is 0 Å². The lowest BCUT2D eigenvalue weighted by atomic mass is 10.2. The summed E-state index contributed by atoms with van der Waals surface area (Å²) in [5, 5.41) is 0. The molecule has 0 bridgehead atoms. The standard InChI is InChI=1S/C14H15BrN2O2S/c1-10-13(16)8-11(15)9-14(10)20(18,19)17(2)12-6-4-3-5-7-12/h3-9H,16H2,1-2H3. The fourth-order valence-corrected chi connectivity index (χ4v) is 3.97. The Morgan fingerprint density at radius 2 is 1.75 bits per heavy atom. The summed E-state index contributed by atoms with van der Waals surface area (Å²) < 4.78 is 27.3. The highest BCUT2D eigenvalue weighted by molar-refractivity contribution is 9.10. The van der Waals surface area contributed by atoms with E-state index in [1.165, 1.54) is 11.4 Å². The molecule has 0 aromatic heterocycles. The number of halogens is 1. The lowest BCUT2D eigenvalue weighted by molar-refractivity contribution is 0.594. The first kappa shape index (κ1) is 14.9. The summed E-state index contributed by atoms with van der Waals surface area (Å²) in [4.78, 5) is 0.204. The van der Waals surface area contributed by atoms with Crippen LogP contribution in [0, 0.1) is 6.92 Å². The van der Waals surface area contributed by atoms with E-state index in [0.29, 0.717) is 21.4 Å². The Morgan fingerprint density at radius 3 is 2.35 bits per heavy atom. The van der Waals surface area contributed by atoms with Crippen molar-refractivity contribution in [3.8, 4) is 0 Å². The van der Waals surface area contributed by atoms with Crippen molar-refractivity contribution in [2.75, 3.05) is 17.1 Å². The van der Waals surface area contributed by atoms with Crippen LogP contribution >= 0.6 is 15.9 Å². The van der Waals surface area contributed by atoms with Gasteiger partial charge in [0.25, 0.3) is 10.0 Å². The minimum absolute atomic E-state index is 0.204. The molecule has 2 N–H and O–H groups in total. The zero-order valence-corrected chi connectivity index (χ0v) is 13.6. The van der Waals surface area contributed by atoms with Crippen molar-refractivity contribution in [1.29, 1.82) is 0 Å². The molecular formula is C14H15BrN2O2S. The lowest BCUT2D eigenvalue weighted by Crippen LogP contribution is -2.27. The van der Waals surface area contributed by atoms with Crippen LogP contribution < -0.4 is 10.0 Å². The van der Waals surface area contributed by atoms with E-state index in [4.69, 9.17) is 5.73 Å². The van der Waals surface area contributed by atoms with E-state index >= 15 is 0 Å². The van der Waals surface area contributed by atoms with Gasteiger partial charge in [-0.1, -0.05) is 34.1 Å². The van der Waals surface area contributed by atoms with E-state index in [1.54, 1.807) is 43.3 Å². The monoisotopic (exact) mass is 354 g/mol. The first-order valence-electron chi connectivity index (χ1n) is 5.93. The Bertz CT molecular complexity index is 730. The quantitative estimate of drug-likeness (QED) is 0.861. The molecule has 0 fully saturated rings. The van der Waals surface area contributed by atoms with Crippen LogP contribution in [0.25, 0.3) is 0 Å². The Morgan fingerprint density at radius 1 is 1.15 bits per heavy atom. The molecule has 0 saturated heterocycles. The third-order valence-corrected chi connectivity index (χ3v) is 5.49. The molecule has 0 spiro atoms. The zero-order chi connectivity index (χ0) is 14.9. The number of sulfonamides is 1. The highest BCUT2D eigenvalue weighted by Crippen LogP contribution is 2.30. The van der Waals surface area contributed by atoms with Gasteiger partial charge < -0.3 is 5.73 Å². The van der Waals surface area contributed by atoms with Crippen molar-refractivity contribution in [2.24, 2.45) is 0 Å². The minimum atomic E-state index is -3.64. The summed E-state index contributed by atoms with van der Waals surface area (Å²) in [6.07, 6.45) is 0. The second-order valence-corrected chi connectivity index (χ2v) is 7.28. The number of nitrogen functional groups attached to an aromatic ring is 1. The number of para-hydroxylation sites is 1. The van der Waals surface area contributed by atoms with Crippen molar-refractivity contribution in [3.05, 3.63) is 52.5 Å². The first-order chi connectivity index (χ1) is 9.34. The summed E-state index contributed by atoms with van der Waals surface area (Å²) in [5.41, 5.74) is 7.44. The third kappa shape index (κ3) is 2.66. The SMILES string of the molecule is Cc1c(N)cc(Br)cc1S(=O)(=O)N(C)c1ccccc1. The molecule has 2 aromatic carbocycles.